The van der Waals surface area contributed by atoms with Crippen molar-refractivity contribution in [3.05, 3.63) is 41.3 Å². The summed E-state index contributed by atoms with van der Waals surface area (Å²) >= 11 is 0. The van der Waals surface area contributed by atoms with E-state index in [2.05, 4.69) is 30.8 Å². The molecule has 6 heteroatoms. The van der Waals surface area contributed by atoms with Gasteiger partial charge < -0.3 is 10.6 Å². The second-order valence-electron chi connectivity index (χ2n) is 5.54. The van der Waals surface area contributed by atoms with Crippen LogP contribution in [0, 0.1) is 0 Å². The highest BCUT2D eigenvalue weighted by Gasteiger charge is 2.19. The maximum atomic E-state index is 5.64. The van der Waals surface area contributed by atoms with Gasteiger partial charge in [-0.25, -0.2) is 15.0 Å². The highest BCUT2D eigenvalue weighted by Crippen LogP contribution is 2.22. The van der Waals surface area contributed by atoms with Crippen LogP contribution in [-0.2, 0) is 19.5 Å². The molecule has 0 radical (unpaired) electrons. The standard InChI is InChI=1S/C15H20N6/c1-20(2)14-11(4-3-6-17-14)9-21-7-5-13-12(10-21)8-18-15(16)19-13/h3-4,6,8H,5,7,9-10H2,1-2H3,(H2,16,18,19). The molecule has 110 valence electrons. The van der Waals surface area contributed by atoms with Crippen LogP contribution in [0.2, 0.25) is 0 Å². The van der Waals surface area contributed by atoms with Crippen LogP contribution in [0.1, 0.15) is 16.8 Å². The Hall–Kier alpha value is -2.21. The summed E-state index contributed by atoms with van der Waals surface area (Å²) in [5.74, 6) is 1.39. The third kappa shape index (κ3) is 2.95. The van der Waals surface area contributed by atoms with Crippen molar-refractivity contribution in [2.75, 3.05) is 31.3 Å². The first-order valence-electron chi connectivity index (χ1n) is 7.07. The van der Waals surface area contributed by atoms with E-state index in [9.17, 15) is 0 Å². The van der Waals surface area contributed by atoms with Gasteiger partial charge in [0.15, 0.2) is 0 Å². The highest BCUT2D eigenvalue weighted by atomic mass is 15.2. The molecule has 2 aromatic rings. The van der Waals surface area contributed by atoms with Crippen molar-refractivity contribution in [3.63, 3.8) is 0 Å². The van der Waals surface area contributed by atoms with Crippen LogP contribution in [0.15, 0.2) is 24.5 Å². The minimum Gasteiger partial charge on any atom is -0.368 e. The fraction of sp³-hybridized carbons (Fsp3) is 0.400. The molecule has 0 atom stereocenters. The average Bonchev–Trinajstić information content (AvgIpc) is 2.48. The quantitative estimate of drug-likeness (QED) is 0.909. The molecule has 0 aromatic carbocycles. The van der Waals surface area contributed by atoms with E-state index >= 15 is 0 Å². The monoisotopic (exact) mass is 284 g/mol. The Balaban J connectivity index is 1.77. The molecule has 6 nitrogen and oxygen atoms in total. The summed E-state index contributed by atoms with van der Waals surface area (Å²) in [5.41, 5.74) is 9.14. The van der Waals surface area contributed by atoms with Gasteiger partial charge in [0.1, 0.15) is 5.82 Å². The van der Waals surface area contributed by atoms with Gasteiger partial charge in [-0.05, 0) is 6.07 Å². The van der Waals surface area contributed by atoms with Crippen molar-refractivity contribution >= 4 is 11.8 Å². The van der Waals surface area contributed by atoms with Gasteiger partial charge in [0.2, 0.25) is 5.95 Å². The minimum atomic E-state index is 0.365. The smallest absolute Gasteiger partial charge is 0.220 e. The molecule has 2 aromatic heterocycles. The highest BCUT2D eigenvalue weighted by molar-refractivity contribution is 5.45. The maximum absolute atomic E-state index is 5.64. The summed E-state index contributed by atoms with van der Waals surface area (Å²) in [4.78, 5) is 17.3. The van der Waals surface area contributed by atoms with E-state index in [1.807, 2.05) is 32.6 Å². The van der Waals surface area contributed by atoms with Crippen LogP contribution < -0.4 is 10.6 Å². The van der Waals surface area contributed by atoms with Crippen molar-refractivity contribution in [3.8, 4) is 0 Å². The number of hydrogen-bond donors (Lipinski definition) is 1. The molecule has 0 amide bonds. The first-order chi connectivity index (χ1) is 10.1. The zero-order chi connectivity index (χ0) is 14.8. The molecule has 0 spiro atoms. The number of rotatable bonds is 3. The van der Waals surface area contributed by atoms with Gasteiger partial charge >= 0.3 is 0 Å². The van der Waals surface area contributed by atoms with Crippen molar-refractivity contribution in [1.82, 2.24) is 19.9 Å². The van der Waals surface area contributed by atoms with Crippen LogP contribution >= 0.6 is 0 Å². The molecule has 3 heterocycles. The number of hydrogen-bond acceptors (Lipinski definition) is 6. The van der Waals surface area contributed by atoms with E-state index in [-0.39, 0.29) is 0 Å². The van der Waals surface area contributed by atoms with Gasteiger partial charge in [0.05, 0.1) is 5.69 Å². The lowest BCUT2D eigenvalue weighted by Crippen LogP contribution is -2.31. The van der Waals surface area contributed by atoms with Crippen molar-refractivity contribution in [2.24, 2.45) is 0 Å². The van der Waals surface area contributed by atoms with E-state index < -0.39 is 0 Å². The Kier molecular flexibility index (Phi) is 3.70. The number of anilines is 2. The lowest BCUT2D eigenvalue weighted by atomic mass is 10.1. The van der Waals surface area contributed by atoms with Gasteiger partial charge in [-0.1, -0.05) is 6.07 Å². The van der Waals surface area contributed by atoms with Gasteiger partial charge in [0, 0.05) is 63.7 Å². The Labute approximate surface area is 124 Å². The fourth-order valence-corrected chi connectivity index (χ4v) is 2.72. The number of aromatic nitrogens is 3. The SMILES string of the molecule is CN(C)c1ncccc1CN1CCc2nc(N)ncc2C1. The van der Waals surface area contributed by atoms with Crippen LogP contribution in [-0.4, -0.2) is 40.5 Å². The van der Waals surface area contributed by atoms with Crippen molar-refractivity contribution in [2.45, 2.75) is 19.5 Å². The normalized spacial score (nSPS) is 14.8. The van der Waals surface area contributed by atoms with Crippen LogP contribution in [0.3, 0.4) is 0 Å². The number of nitrogens with two attached hydrogens (primary N) is 1. The van der Waals surface area contributed by atoms with E-state index in [1.165, 1.54) is 11.1 Å². The summed E-state index contributed by atoms with van der Waals surface area (Å²) in [6, 6.07) is 4.13. The largest absolute Gasteiger partial charge is 0.368 e. The molecule has 0 saturated heterocycles. The third-order valence-corrected chi connectivity index (χ3v) is 3.72. The average molecular weight is 284 g/mol. The number of pyridine rings is 1. The van der Waals surface area contributed by atoms with Crippen LogP contribution in [0.25, 0.3) is 0 Å². The number of fused-ring (bicyclic) bond motifs is 1. The van der Waals surface area contributed by atoms with Gasteiger partial charge in [-0.2, -0.15) is 0 Å². The first-order valence-corrected chi connectivity index (χ1v) is 7.07. The third-order valence-electron chi connectivity index (χ3n) is 3.72. The second-order valence-corrected chi connectivity index (χ2v) is 5.54. The van der Waals surface area contributed by atoms with E-state index in [1.54, 1.807) is 0 Å². The molecule has 3 rings (SSSR count). The molecule has 1 aliphatic heterocycles. The topological polar surface area (TPSA) is 71.2 Å². The molecule has 2 N–H and O–H groups in total. The lowest BCUT2D eigenvalue weighted by molar-refractivity contribution is 0.243. The lowest BCUT2D eigenvalue weighted by Gasteiger charge is -2.29. The molecular formula is C15H20N6. The maximum Gasteiger partial charge on any atom is 0.220 e. The van der Waals surface area contributed by atoms with E-state index in [0.29, 0.717) is 5.95 Å². The Morgan fingerprint density at radius 1 is 1.33 bits per heavy atom. The van der Waals surface area contributed by atoms with E-state index in [4.69, 9.17) is 5.73 Å². The summed E-state index contributed by atoms with van der Waals surface area (Å²) in [7, 11) is 4.04. The fourth-order valence-electron chi connectivity index (χ4n) is 2.72. The number of nitrogen functional groups attached to an aromatic ring is 1. The summed E-state index contributed by atoms with van der Waals surface area (Å²) in [6.07, 6.45) is 4.60. The predicted octanol–water partition coefficient (Wildman–Crippen LogP) is 1.08. The molecule has 0 saturated carbocycles. The molecule has 0 aliphatic carbocycles. The van der Waals surface area contributed by atoms with Gasteiger partial charge in [-0.15, -0.1) is 0 Å². The molecule has 0 fully saturated rings. The van der Waals surface area contributed by atoms with E-state index in [0.717, 1.165) is 37.6 Å². The second kappa shape index (κ2) is 5.65. The Morgan fingerprint density at radius 3 is 3.00 bits per heavy atom. The molecule has 0 bridgehead atoms. The summed E-state index contributed by atoms with van der Waals surface area (Å²) in [5, 5.41) is 0. The van der Waals surface area contributed by atoms with Crippen molar-refractivity contribution < 1.29 is 0 Å². The molecule has 1 aliphatic rings. The van der Waals surface area contributed by atoms with Crippen LogP contribution in [0.4, 0.5) is 11.8 Å². The zero-order valence-corrected chi connectivity index (χ0v) is 12.5. The number of nitrogens with zero attached hydrogens (tertiary/aromatic N) is 5. The first kappa shape index (κ1) is 13.8. The van der Waals surface area contributed by atoms with Gasteiger partial charge in [-0.3, -0.25) is 4.90 Å². The Bertz CT molecular complexity index is 640. The summed E-state index contributed by atoms with van der Waals surface area (Å²) < 4.78 is 0. The Morgan fingerprint density at radius 2 is 2.19 bits per heavy atom. The minimum absolute atomic E-state index is 0.365. The molecular weight excluding hydrogens is 264 g/mol. The predicted molar refractivity (Wildman–Crippen MR) is 82.8 cm³/mol. The zero-order valence-electron chi connectivity index (χ0n) is 12.5. The van der Waals surface area contributed by atoms with Crippen molar-refractivity contribution in [1.29, 1.82) is 0 Å². The van der Waals surface area contributed by atoms with Crippen LogP contribution in [0.5, 0.6) is 0 Å². The molecule has 21 heavy (non-hydrogen) atoms. The molecule has 0 unspecified atom stereocenters. The van der Waals surface area contributed by atoms with Gasteiger partial charge in [0.25, 0.3) is 0 Å². The summed E-state index contributed by atoms with van der Waals surface area (Å²) in [6.45, 7) is 2.72.